The van der Waals surface area contributed by atoms with E-state index in [4.69, 9.17) is 10.8 Å². The van der Waals surface area contributed by atoms with Crippen LogP contribution in [0.2, 0.25) is 0 Å². The van der Waals surface area contributed by atoms with Gasteiger partial charge in [0.2, 0.25) is 0 Å². The van der Waals surface area contributed by atoms with Gasteiger partial charge in [0.15, 0.2) is 11.6 Å². The van der Waals surface area contributed by atoms with Crippen LogP contribution in [0.25, 0.3) is 11.0 Å². The van der Waals surface area contributed by atoms with Gasteiger partial charge in [-0.3, -0.25) is 0 Å². The second kappa shape index (κ2) is 6.00. The Morgan fingerprint density at radius 2 is 1.95 bits per heavy atom. The minimum absolute atomic E-state index is 0.155. The molecule has 2 aromatic rings. The number of nitrogens with two attached hydrogens (primary N) is 1. The van der Waals surface area contributed by atoms with E-state index in [-0.39, 0.29) is 22.7 Å². The van der Waals surface area contributed by atoms with Gasteiger partial charge >= 0.3 is 0 Å². The second-order valence-corrected chi connectivity index (χ2v) is 6.19. The number of allylic oxidation sites excluding steroid dienone is 2. The van der Waals surface area contributed by atoms with Gasteiger partial charge in [-0.25, -0.2) is 18.7 Å². The van der Waals surface area contributed by atoms with Crippen LogP contribution in [-0.4, -0.2) is 25.2 Å². The maximum atomic E-state index is 13.7. The van der Waals surface area contributed by atoms with Crippen LogP contribution in [0.3, 0.4) is 0 Å². The van der Waals surface area contributed by atoms with E-state index in [0.717, 1.165) is 6.20 Å². The molecule has 22 heavy (non-hydrogen) atoms. The lowest BCUT2D eigenvalue weighted by Crippen LogP contribution is -2.10. The Morgan fingerprint density at radius 3 is 2.50 bits per heavy atom. The third kappa shape index (κ3) is 3.59. The highest BCUT2D eigenvalue weighted by Gasteiger charge is 2.24. The Balaban J connectivity index is 0.000000309. The van der Waals surface area contributed by atoms with E-state index in [1.165, 1.54) is 17.0 Å². The Bertz CT molecular complexity index is 697. The molecular formula is C15H20F2N4O. The van der Waals surface area contributed by atoms with Gasteiger partial charge in [-0.2, -0.15) is 0 Å². The zero-order chi connectivity index (χ0) is 16.5. The zero-order valence-electron chi connectivity index (χ0n) is 12.8. The molecule has 0 spiro atoms. The molecule has 1 aliphatic rings. The van der Waals surface area contributed by atoms with Crippen molar-refractivity contribution in [3.63, 3.8) is 0 Å². The number of aliphatic hydroxyl groups is 1. The molecule has 0 saturated carbocycles. The second-order valence-electron chi connectivity index (χ2n) is 6.19. The molecule has 0 aromatic carbocycles. The standard InChI is InChI=1S/C11H10F2N4.C4H10O/c12-6-2-1-3-8(6)17-5-16-9-10(17)7(13)4-15-11(9)14;1-4(2,3)5/h2,4-5,8H,1,3H2,(H2,14,15);5H,1-3H3. The van der Waals surface area contributed by atoms with Gasteiger partial charge in [0.1, 0.15) is 16.9 Å². The number of aromatic nitrogens is 3. The molecule has 3 rings (SSSR count). The largest absolute Gasteiger partial charge is 0.391 e. The number of nitrogens with zero attached hydrogens (tertiary/aromatic N) is 3. The zero-order valence-corrected chi connectivity index (χ0v) is 12.8. The maximum Gasteiger partial charge on any atom is 0.167 e. The van der Waals surface area contributed by atoms with Crippen LogP contribution in [0.4, 0.5) is 14.6 Å². The van der Waals surface area contributed by atoms with E-state index >= 15 is 0 Å². The highest BCUT2D eigenvalue weighted by molar-refractivity contribution is 5.85. The summed E-state index contributed by atoms with van der Waals surface area (Å²) in [4.78, 5) is 7.68. The number of fused-ring (bicyclic) bond motifs is 1. The van der Waals surface area contributed by atoms with E-state index in [0.29, 0.717) is 12.8 Å². The third-order valence-corrected chi connectivity index (χ3v) is 3.01. The molecule has 2 heterocycles. The lowest BCUT2D eigenvalue weighted by atomic mass is 10.2. The summed E-state index contributed by atoms with van der Waals surface area (Å²) in [6, 6.07) is -0.476. The van der Waals surface area contributed by atoms with E-state index in [2.05, 4.69) is 9.97 Å². The number of pyridine rings is 1. The van der Waals surface area contributed by atoms with Gasteiger partial charge in [0.05, 0.1) is 24.2 Å². The quantitative estimate of drug-likeness (QED) is 0.848. The number of rotatable bonds is 1. The first-order valence-electron chi connectivity index (χ1n) is 7.03. The molecule has 1 aliphatic carbocycles. The molecule has 0 fully saturated rings. The van der Waals surface area contributed by atoms with Gasteiger partial charge < -0.3 is 15.4 Å². The van der Waals surface area contributed by atoms with E-state index in [1.807, 2.05) is 0 Å². The van der Waals surface area contributed by atoms with Crippen molar-refractivity contribution in [2.45, 2.75) is 45.3 Å². The minimum atomic E-state index is -0.536. The van der Waals surface area contributed by atoms with E-state index in [1.54, 1.807) is 20.8 Å². The van der Waals surface area contributed by atoms with Crippen LogP contribution >= 0.6 is 0 Å². The summed E-state index contributed by atoms with van der Waals surface area (Å²) in [5, 5.41) is 8.52. The minimum Gasteiger partial charge on any atom is -0.391 e. The van der Waals surface area contributed by atoms with Crippen molar-refractivity contribution in [2.75, 3.05) is 5.73 Å². The number of nitrogen functional groups attached to an aromatic ring is 1. The number of halogens is 2. The summed E-state index contributed by atoms with van der Waals surface area (Å²) < 4.78 is 28.8. The lowest BCUT2D eigenvalue weighted by molar-refractivity contribution is 0.102. The van der Waals surface area contributed by atoms with Crippen LogP contribution in [0.5, 0.6) is 0 Å². The summed E-state index contributed by atoms with van der Waals surface area (Å²) in [5.74, 6) is -0.631. The maximum absolute atomic E-state index is 13.7. The number of hydrogen-bond acceptors (Lipinski definition) is 4. The van der Waals surface area contributed by atoms with Gasteiger partial charge in [0, 0.05) is 0 Å². The molecule has 3 N–H and O–H groups in total. The van der Waals surface area contributed by atoms with Gasteiger partial charge in [-0.1, -0.05) is 6.08 Å². The molecular weight excluding hydrogens is 290 g/mol. The van der Waals surface area contributed by atoms with Crippen LogP contribution in [0.15, 0.2) is 24.4 Å². The highest BCUT2D eigenvalue weighted by atomic mass is 19.1. The lowest BCUT2D eigenvalue weighted by Gasteiger charge is -2.12. The molecule has 7 heteroatoms. The molecule has 0 radical (unpaired) electrons. The molecule has 1 atom stereocenters. The molecule has 0 bridgehead atoms. The molecule has 0 amide bonds. The van der Waals surface area contributed by atoms with Crippen molar-refractivity contribution in [3.05, 3.63) is 30.2 Å². The van der Waals surface area contributed by atoms with Crippen LogP contribution < -0.4 is 5.73 Å². The van der Waals surface area contributed by atoms with Gasteiger partial charge in [0.25, 0.3) is 0 Å². The monoisotopic (exact) mass is 310 g/mol. The SMILES string of the molecule is CC(C)(C)O.Nc1ncc(F)c2c1ncn2C1CCC=C1F. The average molecular weight is 310 g/mol. The van der Waals surface area contributed by atoms with Crippen molar-refractivity contribution in [2.24, 2.45) is 0 Å². The number of imidazole rings is 1. The Kier molecular flexibility index (Phi) is 4.46. The van der Waals surface area contributed by atoms with E-state index < -0.39 is 17.5 Å². The van der Waals surface area contributed by atoms with Gasteiger partial charge in [-0.05, 0) is 33.6 Å². The summed E-state index contributed by atoms with van der Waals surface area (Å²) in [6.07, 6.45) is 5.22. The predicted molar refractivity (Wildman–Crippen MR) is 81.3 cm³/mol. The fourth-order valence-corrected chi connectivity index (χ4v) is 2.19. The number of hydrogen-bond donors (Lipinski definition) is 2. The molecule has 1 unspecified atom stereocenters. The Labute approximate surface area is 127 Å². The third-order valence-electron chi connectivity index (χ3n) is 3.01. The number of anilines is 1. The Hall–Kier alpha value is -2.02. The topological polar surface area (TPSA) is 77.0 Å². The molecule has 2 aromatic heterocycles. The van der Waals surface area contributed by atoms with Crippen molar-refractivity contribution < 1.29 is 13.9 Å². The smallest absolute Gasteiger partial charge is 0.167 e. The summed E-state index contributed by atoms with van der Waals surface area (Å²) in [6.45, 7) is 5.23. The summed E-state index contributed by atoms with van der Waals surface area (Å²) in [5.41, 5.74) is 5.61. The Morgan fingerprint density at radius 1 is 1.32 bits per heavy atom. The van der Waals surface area contributed by atoms with Crippen molar-refractivity contribution in [1.29, 1.82) is 0 Å². The van der Waals surface area contributed by atoms with Crippen LogP contribution in [0, 0.1) is 5.82 Å². The molecule has 5 nitrogen and oxygen atoms in total. The van der Waals surface area contributed by atoms with Crippen molar-refractivity contribution >= 4 is 16.9 Å². The first-order chi connectivity index (χ1) is 10.2. The van der Waals surface area contributed by atoms with Crippen LogP contribution in [-0.2, 0) is 0 Å². The fraction of sp³-hybridized carbons (Fsp3) is 0.467. The van der Waals surface area contributed by atoms with E-state index in [9.17, 15) is 8.78 Å². The summed E-state index contributed by atoms with van der Waals surface area (Å²) in [7, 11) is 0. The van der Waals surface area contributed by atoms with Crippen LogP contribution in [0.1, 0.15) is 39.7 Å². The molecule has 120 valence electrons. The fourth-order valence-electron chi connectivity index (χ4n) is 2.19. The first-order valence-corrected chi connectivity index (χ1v) is 7.03. The van der Waals surface area contributed by atoms with Crippen molar-refractivity contribution in [3.8, 4) is 0 Å². The highest BCUT2D eigenvalue weighted by Crippen LogP contribution is 2.34. The van der Waals surface area contributed by atoms with Crippen molar-refractivity contribution in [1.82, 2.24) is 14.5 Å². The molecule has 0 saturated heterocycles. The normalized spacial score (nSPS) is 18.1. The summed E-state index contributed by atoms with van der Waals surface area (Å²) >= 11 is 0. The van der Waals surface area contributed by atoms with Gasteiger partial charge in [-0.15, -0.1) is 0 Å². The average Bonchev–Trinajstić information content (AvgIpc) is 2.98. The first kappa shape index (κ1) is 16.4. The molecule has 0 aliphatic heterocycles. The predicted octanol–water partition coefficient (Wildman–Crippen LogP) is 3.12.